The Hall–Kier alpha value is -1.55. The first-order valence-electron chi connectivity index (χ1n) is 6.06. The van der Waals surface area contributed by atoms with Gasteiger partial charge in [-0.2, -0.15) is 0 Å². The molecule has 2 N–H and O–H groups in total. The molecule has 1 fully saturated rings. The molecule has 0 unspecified atom stereocenters. The first kappa shape index (κ1) is 10.6. The third-order valence-corrected chi connectivity index (χ3v) is 3.12. The number of fused-ring (bicyclic) bond motifs is 1. The number of rotatable bonds is 4. The average molecular weight is 232 g/mol. The molecule has 1 amide bonds. The van der Waals surface area contributed by atoms with Crippen LogP contribution in [-0.4, -0.2) is 18.6 Å². The van der Waals surface area contributed by atoms with Crippen molar-refractivity contribution in [1.29, 1.82) is 0 Å². The van der Waals surface area contributed by atoms with E-state index in [0.717, 1.165) is 31.7 Å². The normalized spacial score (nSPS) is 17.6. The van der Waals surface area contributed by atoms with E-state index in [9.17, 15) is 4.79 Å². The molecule has 17 heavy (non-hydrogen) atoms. The fourth-order valence-electron chi connectivity index (χ4n) is 2.01. The monoisotopic (exact) mass is 232 g/mol. The Kier molecular flexibility index (Phi) is 2.73. The molecule has 0 radical (unpaired) electrons. The number of hydrogen-bond donors (Lipinski definition) is 2. The van der Waals surface area contributed by atoms with Gasteiger partial charge in [0, 0.05) is 19.1 Å². The van der Waals surface area contributed by atoms with Crippen LogP contribution in [0, 0.1) is 0 Å². The number of carbonyl (C=O) groups is 1. The molecule has 0 bridgehead atoms. The Morgan fingerprint density at radius 2 is 2.18 bits per heavy atom. The minimum absolute atomic E-state index is 0.0221. The van der Waals surface area contributed by atoms with Crippen LogP contribution in [0.15, 0.2) is 18.2 Å². The minimum Gasteiger partial charge on any atom is -0.484 e. The highest BCUT2D eigenvalue weighted by molar-refractivity contribution is 5.78. The molecule has 1 saturated carbocycles. The molecule has 0 atom stereocenters. The van der Waals surface area contributed by atoms with E-state index in [1.54, 1.807) is 0 Å². The number of amides is 1. The summed E-state index contributed by atoms with van der Waals surface area (Å²) in [6, 6.07) is 6.40. The number of benzene rings is 1. The van der Waals surface area contributed by atoms with Crippen molar-refractivity contribution in [1.82, 2.24) is 10.6 Å². The summed E-state index contributed by atoms with van der Waals surface area (Å²) in [6.45, 7) is 1.93. The molecule has 0 spiro atoms. The van der Waals surface area contributed by atoms with Crippen molar-refractivity contribution in [3.05, 3.63) is 29.3 Å². The predicted octanol–water partition coefficient (Wildman–Crippen LogP) is 0.947. The summed E-state index contributed by atoms with van der Waals surface area (Å²) in [5, 5.41) is 6.18. The van der Waals surface area contributed by atoms with E-state index in [-0.39, 0.29) is 12.5 Å². The van der Waals surface area contributed by atoms with Gasteiger partial charge in [0.15, 0.2) is 6.61 Å². The Bertz CT molecular complexity index is 441. The predicted molar refractivity (Wildman–Crippen MR) is 63.6 cm³/mol. The third kappa shape index (κ3) is 2.58. The van der Waals surface area contributed by atoms with E-state index >= 15 is 0 Å². The van der Waals surface area contributed by atoms with E-state index in [1.807, 2.05) is 12.1 Å². The van der Waals surface area contributed by atoms with Crippen molar-refractivity contribution in [2.75, 3.05) is 6.61 Å². The SMILES string of the molecule is O=C(COc1ccc2c(c1)CNC2)NC1CC1. The van der Waals surface area contributed by atoms with Crippen LogP contribution in [0.3, 0.4) is 0 Å². The second-order valence-corrected chi connectivity index (χ2v) is 4.66. The molecular formula is C13H16N2O2. The lowest BCUT2D eigenvalue weighted by molar-refractivity contribution is -0.123. The first-order valence-corrected chi connectivity index (χ1v) is 6.06. The van der Waals surface area contributed by atoms with Gasteiger partial charge >= 0.3 is 0 Å². The van der Waals surface area contributed by atoms with Crippen LogP contribution in [0.25, 0.3) is 0 Å². The molecule has 1 aliphatic carbocycles. The largest absolute Gasteiger partial charge is 0.484 e. The standard InChI is InChI=1S/C13H16N2O2/c16-13(15-11-2-3-11)8-17-12-4-1-9-6-14-7-10(9)5-12/h1,4-5,11,14H,2-3,6-8H2,(H,15,16). The maximum absolute atomic E-state index is 11.5. The zero-order chi connectivity index (χ0) is 11.7. The van der Waals surface area contributed by atoms with Gasteiger partial charge in [-0.25, -0.2) is 0 Å². The smallest absolute Gasteiger partial charge is 0.258 e. The third-order valence-electron chi connectivity index (χ3n) is 3.12. The van der Waals surface area contributed by atoms with Crippen molar-refractivity contribution < 1.29 is 9.53 Å². The zero-order valence-electron chi connectivity index (χ0n) is 9.66. The molecule has 4 nitrogen and oxygen atoms in total. The quantitative estimate of drug-likeness (QED) is 0.812. The summed E-state index contributed by atoms with van der Waals surface area (Å²) in [7, 11) is 0. The average Bonchev–Trinajstić information content (AvgIpc) is 3.01. The lowest BCUT2D eigenvalue weighted by Gasteiger charge is -2.08. The molecule has 2 aliphatic rings. The second-order valence-electron chi connectivity index (χ2n) is 4.66. The number of ether oxygens (including phenoxy) is 1. The van der Waals surface area contributed by atoms with Crippen LogP contribution < -0.4 is 15.4 Å². The van der Waals surface area contributed by atoms with Crippen LogP contribution in [0.1, 0.15) is 24.0 Å². The van der Waals surface area contributed by atoms with Crippen molar-refractivity contribution >= 4 is 5.91 Å². The molecule has 90 valence electrons. The highest BCUT2D eigenvalue weighted by atomic mass is 16.5. The first-order chi connectivity index (χ1) is 8.31. The molecule has 3 rings (SSSR count). The van der Waals surface area contributed by atoms with Crippen molar-refractivity contribution in [2.24, 2.45) is 0 Å². The highest BCUT2D eigenvalue weighted by Gasteiger charge is 2.23. The summed E-state index contributed by atoms with van der Waals surface area (Å²) < 4.78 is 5.48. The molecule has 1 aromatic carbocycles. The van der Waals surface area contributed by atoms with Gasteiger partial charge in [-0.15, -0.1) is 0 Å². The van der Waals surface area contributed by atoms with Crippen LogP contribution in [0.5, 0.6) is 5.75 Å². The van der Waals surface area contributed by atoms with Gasteiger partial charge in [0.2, 0.25) is 0 Å². The highest BCUT2D eigenvalue weighted by Crippen LogP contribution is 2.22. The summed E-state index contributed by atoms with van der Waals surface area (Å²) >= 11 is 0. The van der Waals surface area contributed by atoms with Crippen LogP contribution >= 0.6 is 0 Å². The molecule has 0 saturated heterocycles. The maximum Gasteiger partial charge on any atom is 0.258 e. The van der Waals surface area contributed by atoms with Gasteiger partial charge < -0.3 is 15.4 Å². The van der Waals surface area contributed by atoms with Crippen LogP contribution in [0.2, 0.25) is 0 Å². The number of carbonyl (C=O) groups excluding carboxylic acids is 1. The number of nitrogens with one attached hydrogen (secondary N) is 2. The van der Waals surface area contributed by atoms with E-state index in [4.69, 9.17) is 4.74 Å². The van der Waals surface area contributed by atoms with Crippen molar-refractivity contribution in [2.45, 2.75) is 32.0 Å². The van der Waals surface area contributed by atoms with E-state index in [0.29, 0.717) is 6.04 Å². The lowest BCUT2D eigenvalue weighted by atomic mass is 10.1. The molecule has 1 heterocycles. The van der Waals surface area contributed by atoms with Crippen LogP contribution in [0.4, 0.5) is 0 Å². The Morgan fingerprint density at radius 3 is 3.00 bits per heavy atom. The Morgan fingerprint density at radius 1 is 1.35 bits per heavy atom. The Balaban J connectivity index is 1.55. The maximum atomic E-state index is 11.5. The van der Waals surface area contributed by atoms with Gasteiger partial charge in [-0.1, -0.05) is 6.07 Å². The zero-order valence-corrected chi connectivity index (χ0v) is 9.66. The molecular weight excluding hydrogens is 216 g/mol. The fraction of sp³-hybridized carbons (Fsp3) is 0.462. The number of hydrogen-bond acceptors (Lipinski definition) is 3. The molecule has 1 aliphatic heterocycles. The van der Waals surface area contributed by atoms with E-state index < -0.39 is 0 Å². The van der Waals surface area contributed by atoms with Gasteiger partial charge in [-0.05, 0) is 36.1 Å². The van der Waals surface area contributed by atoms with Gasteiger partial charge in [-0.3, -0.25) is 4.79 Å². The summed E-state index contributed by atoms with van der Waals surface area (Å²) in [6.07, 6.45) is 2.21. The van der Waals surface area contributed by atoms with Crippen molar-refractivity contribution in [3.8, 4) is 5.75 Å². The molecule has 4 heteroatoms. The Labute approximate surface area is 100 Å². The van der Waals surface area contributed by atoms with E-state index in [2.05, 4.69) is 16.7 Å². The molecule has 0 aromatic heterocycles. The van der Waals surface area contributed by atoms with Gasteiger partial charge in [0.05, 0.1) is 0 Å². The lowest BCUT2D eigenvalue weighted by Crippen LogP contribution is -2.30. The minimum atomic E-state index is -0.0221. The van der Waals surface area contributed by atoms with Crippen molar-refractivity contribution in [3.63, 3.8) is 0 Å². The van der Waals surface area contributed by atoms with Gasteiger partial charge in [0.25, 0.3) is 5.91 Å². The fourth-order valence-corrected chi connectivity index (χ4v) is 2.01. The molecule has 1 aromatic rings. The van der Waals surface area contributed by atoms with E-state index in [1.165, 1.54) is 11.1 Å². The topological polar surface area (TPSA) is 50.4 Å². The van der Waals surface area contributed by atoms with Crippen LogP contribution in [-0.2, 0) is 17.9 Å². The summed E-state index contributed by atoms with van der Waals surface area (Å²) in [5.41, 5.74) is 2.59. The summed E-state index contributed by atoms with van der Waals surface area (Å²) in [4.78, 5) is 11.5. The van der Waals surface area contributed by atoms with Gasteiger partial charge in [0.1, 0.15) is 5.75 Å². The summed E-state index contributed by atoms with van der Waals surface area (Å²) in [5.74, 6) is 0.754. The second kappa shape index (κ2) is 4.37.